The number of aromatic amines is 1. The van der Waals surface area contributed by atoms with Gasteiger partial charge in [0.1, 0.15) is 6.04 Å². The molecule has 3 aromatic rings. The van der Waals surface area contributed by atoms with Crippen LogP contribution in [0.2, 0.25) is 0 Å². The van der Waals surface area contributed by atoms with Gasteiger partial charge in [-0.3, -0.25) is 4.79 Å². The fourth-order valence-corrected chi connectivity index (χ4v) is 2.80. The maximum Gasteiger partial charge on any atom is 0.328 e. The Morgan fingerprint density at radius 3 is 2.56 bits per heavy atom. The predicted molar refractivity (Wildman–Crippen MR) is 96.5 cm³/mol. The second kappa shape index (κ2) is 7.21. The van der Waals surface area contributed by atoms with E-state index >= 15 is 0 Å². The van der Waals surface area contributed by atoms with Gasteiger partial charge in [-0.15, -0.1) is 0 Å². The first-order chi connectivity index (χ1) is 12.1. The summed E-state index contributed by atoms with van der Waals surface area (Å²) in [5.41, 5.74) is 3.53. The van der Waals surface area contributed by atoms with Gasteiger partial charge in [-0.1, -0.05) is 35.9 Å². The molecule has 5 heteroatoms. The highest BCUT2D eigenvalue weighted by Gasteiger charge is 2.23. The van der Waals surface area contributed by atoms with E-state index in [1.807, 2.05) is 49.5 Å². The van der Waals surface area contributed by atoms with Gasteiger partial charge in [-0.25, -0.2) is 4.79 Å². The molecule has 128 valence electrons. The fourth-order valence-electron chi connectivity index (χ4n) is 2.80. The molecule has 0 spiro atoms. The molecule has 0 bridgehead atoms. The molecule has 0 saturated carbocycles. The Labute approximate surface area is 146 Å². The Kier molecular flexibility index (Phi) is 4.84. The lowest BCUT2D eigenvalue weighted by molar-refractivity contribution is -0.142. The van der Waals surface area contributed by atoms with Gasteiger partial charge in [-0.05, 0) is 30.7 Å². The molecular formula is C20H20N2O3. The van der Waals surface area contributed by atoms with Gasteiger partial charge in [0.05, 0.1) is 7.11 Å². The second-order valence-electron chi connectivity index (χ2n) is 5.98. The molecule has 1 amide bonds. The van der Waals surface area contributed by atoms with Crippen molar-refractivity contribution < 1.29 is 14.3 Å². The fraction of sp³-hybridized carbons (Fsp3) is 0.200. The van der Waals surface area contributed by atoms with E-state index in [0.29, 0.717) is 12.0 Å². The zero-order valence-electron chi connectivity index (χ0n) is 14.2. The van der Waals surface area contributed by atoms with Crippen molar-refractivity contribution in [1.82, 2.24) is 10.3 Å². The van der Waals surface area contributed by atoms with Crippen molar-refractivity contribution in [3.05, 3.63) is 71.4 Å². The van der Waals surface area contributed by atoms with E-state index in [4.69, 9.17) is 4.74 Å². The number of aryl methyl sites for hydroxylation is 1. The van der Waals surface area contributed by atoms with E-state index in [1.54, 1.807) is 12.1 Å². The molecule has 2 N–H and O–H groups in total. The number of aromatic nitrogens is 1. The molecule has 0 fully saturated rings. The van der Waals surface area contributed by atoms with Gasteiger partial charge in [0, 0.05) is 29.1 Å². The molecule has 25 heavy (non-hydrogen) atoms. The Morgan fingerprint density at radius 1 is 1.12 bits per heavy atom. The molecule has 1 heterocycles. The van der Waals surface area contributed by atoms with Gasteiger partial charge < -0.3 is 15.0 Å². The van der Waals surface area contributed by atoms with Crippen LogP contribution in [0.3, 0.4) is 0 Å². The van der Waals surface area contributed by atoms with Crippen LogP contribution in [0, 0.1) is 6.92 Å². The molecule has 5 nitrogen and oxygen atoms in total. The van der Waals surface area contributed by atoms with Crippen molar-refractivity contribution in [3.8, 4) is 0 Å². The van der Waals surface area contributed by atoms with Crippen LogP contribution < -0.4 is 5.32 Å². The van der Waals surface area contributed by atoms with Crippen LogP contribution in [-0.2, 0) is 16.0 Å². The topological polar surface area (TPSA) is 71.2 Å². The number of para-hydroxylation sites is 1. The largest absolute Gasteiger partial charge is 0.467 e. The summed E-state index contributed by atoms with van der Waals surface area (Å²) < 4.78 is 4.87. The molecular weight excluding hydrogens is 316 g/mol. The SMILES string of the molecule is COC(=O)[C@@H](Cc1c[nH]c2ccccc12)NC(=O)c1ccc(C)cc1. The first-order valence-corrected chi connectivity index (χ1v) is 8.09. The third-order valence-corrected chi connectivity index (χ3v) is 4.20. The smallest absolute Gasteiger partial charge is 0.328 e. The van der Waals surface area contributed by atoms with Crippen molar-refractivity contribution in [2.45, 2.75) is 19.4 Å². The highest BCUT2D eigenvalue weighted by Crippen LogP contribution is 2.19. The Bertz CT molecular complexity index is 897. The molecule has 1 aromatic heterocycles. The summed E-state index contributed by atoms with van der Waals surface area (Å²) >= 11 is 0. The van der Waals surface area contributed by atoms with Crippen molar-refractivity contribution in [3.63, 3.8) is 0 Å². The summed E-state index contributed by atoms with van der Waals surface area (Å²) in [5, 5.41) is 3.81. The quantitative estimate of drug-likeness (QED) is 0.704. The number of benzene rings is 2. The maximum absolute atomic E-state index is 12.5. The zero-order valence-corrected chi connectivity index (χ0v) is 14.2. The van der Waals surface area contributed by atoms with Crippen LogP contribution in [0.1, 0.15) is 21.5 Å². The Morgan fingerprint density at radius 2 is 1.84 bits per heavy atom. The monoisotopic (exact) mass is 336 g/mol. The molecule has 0 saturated heterocycles. The summed E-state index contributed by atoms with van der Waals surface area (Å²) in [5.74, 6) is -0.763. The van der Waals surface area contributed by atoms with Crippen molar-refractivity contribution >= 4 is 22.8 Å². The number of esters is 1. The number of methoxy groups -OCH3 is 1. The molecule has 0 aliphatic rings. The number of amides is 1. The summed E-state index contributed by atoms with van der Waals surface area (Å²) in [6.07, 6.45) is 2.22. The van der Waals surface area contributed by atoms with Crippen molar-refractivity contribution in [2.75, 3.05) is 7.11 Å². The summed E-state index contributed by atoms with van der Waals surface area (Å²) in [4.78, 5) is 27.8. The minimum Gasteiger partial charge on any atom is -0.467 e. The summed E-state index contributed by atoms with van der Waals surface area (Å²) in [6.45, 7) is 1.95. The maximum atomic E-state index is 12.5. The van der Waals surface area contributed by atoms with Crippen LogP contribution in [0.15, 0.2) is 54.7 Å². The third kappa shape index (κ3) is 3.71. The van der Waals surface area contributed by atoms with E-state index in [2.05, 4.69) is 10.3 Å². The van der Waals surface area contributed by atoms with E-state index in [9.17, 15) is 9.59 Å². The highest BCUT2D eigenvalue weighted by molar-refractivity contribution is 5.97. The number of fused-ring (bicyclic) bond motifs is 1. The van der Waals surface area contributed by atoms with E-state index in [1.165, 1.54) is 7.11 Å². The van der Waals surface area contributed by atoms with Crippen LogP contribution >= 0.6 is 0 Å². The zero-order chi connectivity index (χ0) is 17.8. The molecule has 3 rings (SSSR count). The highest BCUT2D eigenvalue weighted by atomic mass is 16.5. The number of carbonyl (C=O) groups excluding carboxylic acids is 2. The van der Waals surface area contributed by atoms with Gasteiger partial charge in [-0.2, -0.15) is 0 Å². The van der Waals surface area contributed by atoms with Gasteiger partial charge in [0.25, 0.3) is 5.91 Å². The number of hydrogen-bond donors (Lipinski definition) is 2. The average Bonchev–Trinajstić information content (AvgIpc) is 3.04. The first kappa shape index (κ1) is 16.8. The number of ether oxygens (including phenoxy) is 1. The molecule has 0 aliphatic carbocycles. The van der Waals surface area contributed by atoms with Crippen molar-refractivity contribution in [2.24, 2.45) is 0 Å². The van der Waals surface area contributed by atoms with Crippen LogP contribution in [0.25, 0.3) is 10.9 Å². The van der Waals surface area contributed by atoms with Gasteiger partial charge in [0.15, 0.2) is 0 Å². The average molecular weight is 336 g/mol. The van der Waals surface area contributed by atoms with E-state index in [-0.39, 0.29) is 5.91 Å². The van der Waals surface area contributed by atoms with E-state index < -0.39 is 12.0 Å². The Balaban J connectivity index is 1.81. The van der Waals surface area contributed by atoms with Gasteiger partial charge in [0.2, 0.25) is 0 Å². The van der Waals surface area contributed by atoms with Gasteiger partial charge >= 0.3 is 5.97 Å². The molecule has 0 aliphatic heterocycles. The molecule has 1 atom stereocenters. The summed E-state index contributed by atoms with van der Waals surface area (Å²) in [6, 6.07) is 14.3. The Hall–Kier alpha value is -3.08. The van der Waals surface area contributed by atoms with Crippen LogP contribution in [0.4, 0.5) is 0 Å². The number of hydrogen-bond acceptors (Lipinski definition) is 3. The molecule has 0 radical (unpaired) electrons. The lowest BCUT2D eigenvalue weighted by Gasteiger charge is -2.16. The molecule has 0 unspecified atom stereocenters. The minimum atomic E-state index is -0.752. The van der Waals surface area contributed by atoms with Crippen LogP contribution in [0.5, 0.6) is 0 Å². The minimum absolute atomic E-state index is 0.296. The summed E-state index contributed by atoms with van der Waals surface area (Å²) in [7, 11) is 1.32. The van der Waals surface area contributed by atoms with Crippen LogP contribution in [-0.4, -0.2) is 30.0 Å². The first-order valence-electron chi connectivity index (χ1n) is 8.09. The molecule has 2 aromatic carbocycles. The lowest BCUT2D eigenvalue weighted by atomic mass is 10.0. The number of H-pyrrole nitrogens is 1. The second-order valence-corrected chi connectivity index (χ2v) is 5.98. The number of rotatable bonds is 5. The predicted octanol–water partition coefficient (Wildman–Crippen LogP) is 2.99. The van der Waals surface area contributed by atoms with Crippen molar-refractivity contribution in [1.29, 1.82) is 0 Å². The number of nitrogens with one attached hydrogen (secondary N) is 2. The number of carbonyl (C=O) groups is 2. The standard InChI is InChI=1S/C20H20N2O3/c1-13-7-9-14(10-8-13)19(23)22-18(20(24)25-2)11-15-12-21-17-6-4-3-5-16(15)17/h3-10,12,18,21H,11H2,1-2H3,(H,22,23)/t18-/m1/s1. The normalized spacial score (nSPS) is 11.9. The third-order valence-electron chi connectivity index (χ3n) is 4.20. The lowest BCUT2D eigenvalue weighted by Crippen LogP contribution is -2.43. The van der Waals surface area contributed by atoms with E-state index in [0.717, 1.165) is 22.0 Å².